The Kier molecular flexibility index (Phi) is 14.0. The van der Waals surface area contributed by atoms with E-state index in [-0.39, 0.29) is 24.9 Å². The molecule has 4 amide bonds. The minimum atomic E-state index is -1.33. The van der Waals surface area contributed by atoms with Gasteiger partial charge in [0.05, 0.1) is 12.5 Å². The van der Waals surface area contributed by atoms with Crippen molar-refractivity contribution in [1.29, 1.82) is 0 Å². The number of nitrogens with two attached hydrogens (primary N) is 2. The molecule has 1 aromatic rings. The molecule has 7 N–H and O–H groups in total. The fourth-order valence-electron chi connectivity index (χ4n) is 3.52. The predicted octanol–water partition coefficient (Wildman–Crippen LogP) is 0.889. The number of rotatable bonds is 16. The van der Waals surface area contributed by atoms with Crippen LogP contribution in [0.4, 0.5) is 0 Å². The molecule has 1 aromatic carbocycles. The third kappa shape index (κ3) is 12.2. The van der Waals surface area contributed by atoms with Crippen LogP contribution in [0.25, 0.3) is 0 Å². The third-order valence-corrected chi connectivity index (χ3v) is 6.06. The van der Waals surface area contributed by atoms with Gasteiger partial charge in [-0.15, -0.1) is 0 Å². The summed E-state index contributed by atoms with van der Waals surface area (Å²) in [5.74, 6) is -3.19. The molecule has 0 aliphatic rings. The zero-order chi connectivity index (χ0) is 28.8. The van der Waals surface area contributed by atoms with Crippen LogP contribution in [-0.4, -0.2) is 53.8 Å². The highest BCUT2D eigenvalue weighted by molar-refractivity contribution is 5.96. The fourth-order valence-corrected chi connectivity index (χ4v) is 3.52. The van der Waals surface area contributed by atoms with Crippen LogP contribution in [0.1, 0.15) is 65.9 Å². The Bertz CT molecular complexity index is 939. The summed E-state index contributed by atoms with van der Waals surface area (Å²) in [6.45, 7) is 9.10. The van der Waals surface area contributed by atoms with E-state index in [9.17, 15) is 24.0 Å². The molecule has 0 spiro atoms. The summed E-state index contributed by atoms with van der Waals surface area (Å²) in [5, 5.41) is 7.65. The summed E-state index contributed by atoms with van der Waals surface area (Å²) in [7, 11) is 0. The Balaban J connectivity index is 3.05. The smallest absolute Gasteiger partial charge is 0.308 e. The molecule has 0 saturated carbocycles. The van der Waals surface area contributed by atoms with Crippen molar-refractivity contribution in [2.45, 2.75) is 91.1 Å². The largest absolute Gasteiger partial charge is 0.461 e. The lowest BCUT2D eigenvalue weighted by atomic mass is 9.98. The van der Waals surface area contributed by atoms with Crippen molar-refractivity contribution >= 4 is 29.6 Å². The van der Waals surface area contributed by atoms with Crippen molar-refractivity contribution < 1.29 is 28.7 Å². The number of primary amides is 1. The lowest BCUT2D eigenvalue weighted by Crippen LogP contribution is -2.58. The highest BCUT2D eigenvalue weighted by Crippen LogP contribution is 2.12. The summed E-state index contributed by atoms with van der Waals surface area (Å²) >= 11 is 0. The van der Waals surface area contributed by atoms with Crippen LogP contribution >= 0.6 is 0 Å². The molecular formula is C27H43N5O6. The van der Waals surface area contributed by atoms with E-state index >= 15 is 0 Å². The first-order valence-electron chi connectivity index (χ1n) is 13.0. The number of ether oxygens (including phenoxy) is 1. The first-order chi connectivity index (χ1) is 17.8. The molecule has 0 heterocycles. The molecule has 0 aliphatic carbocycles. The number of carbonyl (C=O) groups is 5. The predicted molar refractivity (Wildman–Crippen MR) is 143 cm³/mol. The van der Waals surface area contributed by atoms with Crippen molar-refractivity contribution in [2.24, 2.45) is 23.3 Å². The molecule has 0 aromatic heterocycles. The second kappa shape index (κ2) is 16.4. The highest BCUT2D eigenvalue weighted by Gasteiger charge is 2.31. The molecule has 5 unspecified atom stereocenters. The van der Waals surface area contributed by atoms with E-state index in [1.807, 2.05) is 33.8 Å². The number of benzene rings is 1. The minimum Gasteiger partial charge on any atom is -0.461 e. The molecule has 11 heteroatoms. The highest BCUT2D eigenvalue weighted by atomic mass is 16.5. The van der Waals surface area contributed by atoms with Gasteiger partial charge in [0.15, 0.2) is 0 Å². The van der Waals surface area contributed by atoms with Gasteiger partial charge in [-0.1, -0.05) is 64.4 Å². The second-order valence-electron chi connectivity index (χ2n) is 10.1. The van der Waals surface area contributed by atoms with Crippen LogP contribution in [-0.2, 0) is 35.3 Å². The lowest BCUT2D eigenvalue weighted by Gasteiger charge is -2.26. The summed E-state index contributed by atoms with van der Waals surface area (Å²) in [6, 6.07) is 4.82. The molecule has 5 atom stereocenters. The number of hydrogen-bond acceptors (Lipinski definition) is 7. The molecule has 0 saturated heterocycles. The van der Waals surface area contributed by atoms with Gasteiger partial charge in [-0.2, -0.15) is 0 Å². The van der Waals surface area contributed by atoms with Crippen molar-refractivity contribution in [3.8, 4) is 0 Å². The van der Waals surface area contributed by atoms with E-state index in [1.54, 1.807) is 24.3 Å². The topological polar surface area (TPSA) is 183 Å². The van der Waals surface area contributed by atoms with Gasteiger partial charge < -0.3 is 32.2 Å². The summed E-state index contributed by atoms with van der Waals surface area (Å²) in [6.07, 6.45) is 0.920. The molecule has 0 aliphatic heterocycles. The molecule has 1 rings (SSSR count). The average molecular weight is 534 g/mol. The van der Waals surface area contributed by atoms with Crippen molar-refractivity contribution in [3.63, 3.8) is 0 Å². The fraction of sp³-hybridized carbons (Fsp3) is 0.593. The van der Waals surface area contributed by atoms with Gasteiger partial charge >= 0.3 is 5.97 Å². The molecule has 212 valence electrons. The SMILES string of the molecule is CCC(C)CC(NC(=O)C(CC(=O)OCc1ccccc1)NC(=O)C(N)CC(C)C)C(=O)NC(C)C(N)=O. The first kappa shape index (κ1) is 32.6. The molecule has 11 nitrogen and oxygen atoms in total. The zero-order valence-electron chi connectivity index (χ0n) is 23.0. The molecule has 0 radical (unpaired) electrons. The average Bonchev–Trinajstić information content (AvgIpc) is 2.86. The standard InChI is InChI=1S/C27H43N5O6/c1-6-17(4)13-21(26(36)30-18(5)24(29)34)32-27(37)22(31-25(35)20(28)12-16(2)3)14-23(33)38-15-19-10-8-7-9-11-19/h7-11,16-18,20-22H,6,12-15,28H2,1-5H3,(H2,29,34)(H,30,36)(H,31,35)(H,32,37). The molecule has 38 heavy (non-hydrogen) atoms. The van der Waals surface area contributed by atoms with Crippen molar-refractivity contribution in [2.75, 3.05) is 0 Å². The van der Waals surface area contributed by atoms with Crippen LogP contribution < -0.4 is 27.4 Å². The Labute approximate surface area is 224 Å². The number of amides is 4. The van der Waals surface area contributed by atoms with Gasteiger partial charge in [-0.3, -0.25) is 24.0 Å². The van der Waals surface area contributed by atoms with E-state index in [0.717, 1.165) is 12.0 Å². The first-order valence-corrected chi connectivity index (χ1v) is 13.0. The van der Waals surface area contributed by atoms with Crippen LogP contribution in [0.3, 0.4) is 0 Å². The van der Waals surface area contributed by atoms with Crippen LogP contribution in [0.5, 0.6) is 0 Å². The lowest BCUT2D eigenvalue weighted by molar-refractivity contribution is -0.147. The van der Waals surface area contributed by atoms with E-state index in [1.165, 1.54) is 6.92 Å². The van der Waals surface area contributed by atoms with Gasteiger partial charge in [0.1, 0.15) is 24.7 Å². The Hall–Kier alpha value is -3.47. The number of carbonyl (C=O) groups excluding carboxylic acids is 5. The Morgan fingerprint density at radius 3 is 1.97 bits per heavy atom. The Morgan fingerprint density at radius 2 is 1.42 bits per heavy atom. The van der Waals surface area contributed by atoms with E-state index in [4.69, 9.17) is 16.2 Å². The zero-order valence-corrected chi connectivity index (χ0v) is 23.0. The second-order valence-corrected chi connectivity index (χ2v) is 10.1. The normalized spacial score (nSPS) is 14.9. The molecule has 0 bridgehead atoms. The van der Waals surface area contributed by atoms with Crippen molar-refractivity contribution in [1.82, 2.24) is 16.0 Å². The van der Waals surface area contributed by atoms with E-state index in [2.05, 4.69) is 16.0 Å². The quantitative estimate of drug-likeness (QED) is 0.195. The van der Waals surface area contributed by atoms with Gasteiger partial charge in [0, 0.05) is 0 Å². The van der Waals surface area contributed by atoms with Gasteiger partial charge in [0.25, 0.3) is 0 Å². The maximum Gasteiger partial charge on any atom is 0.308 e. The number of esters is 1. The third-order valence-electron chi connectivity index (χ3n) is 6.06. The maximum atomic E-state index is 13.3. The summed E-state index contributed by atoms with van der Waals surface area (Å²) < 4.78 is 5.30. The van der Waals surface area contributed by atoms with E-state index < -0.39 is 60.2 Å². The monoisotopic (exact) mass is 533 g/mol. The number of hydrogen-bond donors (Lipinski definition) is 5. The minimum absolute atomic E-state index is 0.00112. The number of nitrogens with one attached hydrogen (secondary N) is 3. The van der Waals surface area contributed by atoms with Crippen LogP contribution in [0.15, 0.2) is 30.3 Å². The summed E-state index contributed by atoms with van der Waals surface area (Å²) in [5.41, 5.74) is 12.0. The Morgan fingerprint density at radius 1 is 0.842 bits per heavy atom. The summed E-state index contributed by atoms with van der Waals surface area (Å²) in [4.78, 5) is 62.9. The molecular weight excluding hydrogens is 490 g/mol. The maximum absolute atomic E-state index is 13.3. The van der Waals surface area contributed by atoms with Gasteiger partial charge in [-0.25, -0.2) is 0 Å². The van der Waals surface area contributed by atoms with Gasteiger partial charge in [0.2, 0.25) is 23.6 Å². The van der Waals surface area contributed by atoms with Crippen LogP contribution in [0, 0.1) is 11.8 Å². The van der Waals surface area contributed by atoms with E-state index in [0.29, 0.717) is 6.42 Å². The molecule has 0 fully saturated rings. The van der Waals surface area contributed by atoms with Crippen molar-refractivity contribution in [3.05, 3.63) is 35.9 Å². The van der Waals surface area contributed by atoms with Gasteiger partial charge in [-0.05, 0) is 37.2 Å². The van der Waals surface area contributed by atoms with Crippen LogP contribution in [0.2, 0.25) is 0 Å².